The predicted octanol–water partition coefficient (Wildman–Crippen LogP) is 0.236. The average Bonchev–Trinajstić information content (AvgIpc) is 1.97. The Kier molecular flexibility index (Phi) is 6.36. The summed E-state index contributed by atoms with van der Waals surface area (Å²) in [5.41, 5.74) is 0. The highest BCUT2D eigenvalue weighted by Gasteiger charge is 2.00. The van der Waals surface area contributed by atoms with Gasteiger partial charge in [0.25, 0.3) is 0 Å². The highest BCUT2D eigenvalue weighted by Crippen LogP contribution is 1.96. The fourth-order valence-electron chi connectivity index (χ4n) is 0.507. The number of carbonyl (C=O) groups excluding carboxylic acids is 1. The van der Waals surface area contributed by atoms with Gasteiger partial charge in [0.05, 0.1) is 11.9 Å². The smallest absolute Gasteiger partial charge is 0.230 e. The van der Waals surface area contributed by atoms with Gasteiger partial charge in [-0.25, -0.2) is 0 Å². The number of nitrogens with one attached hydrogen (secondary N) is 1. The maximum absolute atomic E-state index is 10.9. The maximum Gasteiger partial charge on any atom is 0.230 e. The molecule has 0 aliphatic carbocycles. The van der Waals surface area contributed by atoms with E-state index in [2.05, 4.69) is 5.32 Å². The molecule has 0 saturated carbocycles. The molecule has 1 amide bonds. The second-order valence-electron chi connectivity index (χ2n) is 2.29. The van der Waals surface area contributed by atoms with E-state index >= 15 is 0 Å². The van der Waals surface area contributed by atoms with Gasteiger partial charge in [-0.2, -0.15) is 11.8 Å². The van der Waals surface area contributed by atoms with E-state index in [1.807, 2.05) is 6.92 Å². The van der Waals surface area contributed by atoms with E-state index in [-0.39, 0.29) is 5.91 Å². The molecule has 0 aliphatic heterocycles. The lowest BCUT2D eigenvalue weighted by atomic mass is 10.4. The molecule has 0 bridgehead atoms. The molecule has 3 nitrogen and oxygen atoms in total. The fraction of sp³-hybridized carbons (Fsp3) is 0.857. The number of hydrogen-bond acceptors (Lipinski definition) is 3. The van der Waals surface area contributed by atoms with Crippen LogP contribution in [0.5, 0.6) is 0 Å². The molecule has 0 aliphatic rings. The summed E-state index contributed by atoms with van der Waals surface area (Å²) in [6, 6.07) is 0. The Bertz CT molecular complexity index is 117. The predicted molar refractivity (Wildman–Crippen MR) is 47.7 cm³/mol. The summed E-state index contributed by atoms with van der Waals surface area (Å²) in [7, 11) is 0. The largest absolute Gasteiger partial charge is 0.392 e. The van der Waals surface area contributed by atoms with Crippen LogP contribution in [0.1, 0.15) is 13.8 Å². The standard InChI is InChI=1S/C7H15NO2S/c1-3-11-5-7(10)8-4-6(2)9/h6,9H,3-5H2,1-2H3,(H,8,10). The quantitative estimate of drug-likeness (QED) is 0.632. The van der Waals surface area contributed by atoms with Gasteiger partial charge in [0.1, 0.15) is 0 Å². The van der Waals surface area contributed by atoms with E-state index in [1.54, 1.807) is 18.7 Å². The van der Waals surface area contributed by atoms with E-state index < -0.39 is 6.10 Å². The van der Waals surface area contributed by atoms with Gasteiger partial charge in [0.2, 0.25) is 5.91 Å². The van der Waals surface area contributed by atoms with Gasteiger partial charge in [-0.05, 0) is 12.7 Å². The van der Waals surface area contributed by atoms with E-state index in [0.717, 1.165) is 5.75 Å². The number of aliphatic hydroxyl groups excluding tert-OH is 1. The van der Waals surface area contributed by atoms with Gasteiger partial charge in [-0.15, -0.1) is 0 Å². The third kappa shape index (κ3) is 7.68. The number of carbonyl (C=O) groups is 1. The van der Waals surface area contributed by atoms with Gasteiger partial charge in [0, 0.05) is 6.54 Å². The minimum absolute atomic E-state index is 0.00208. The SMILES string of the molecule is CCSCC(=O)NCC(C)O. The van der Waals surface area contributed by atoms with Crippen LogP contribution in [0.25, 0.3) is 0 Å². The monoisotopic (exact) mass is 177 g/mol. The molecule has 11 heavy (non-hydrogen) atoms. The van der Waals surface area contributed by atoms with Crippen molar-refractivity contribution in [3.8, 4) is 0 Å². The third-order valence-corrected chi connectivity index (χ3v) is 1.91. The van der Waals surface area contributed by atoms with Gasteiger partial charge in [-0.1, -0.05) is 6.92 Å². The highest BCUT2D eigenvalue weighted by atomic mass is 32.2. The van der Waals surface area contributed by atoms with E-state index in [0.29, 0.717) is 12.3 Å². The first-order valence-corrected chi connectivity index (χ1v) is 4.84. The second-order valence-corrected chi connectivity index (χ2v) is 3.56. The maximum atomic E-state index is 10.9. The second kappa shape index (κ2) is 6.49. The third-order valence-electron chi connectivity index (χ3n) is 1.03. The molecule has 4 heteroatoms. The first kappa shape index (κ1) is 10.8. The summed E-state index contributed by atoms with van der Waals surface area (Å²) in [4.78, 5) is 10.9. The van der Waals surface area contributed by atoms with Crippen LogP contribution in [-0.2, 0) is 4.79 Å². The summed E-state index contributed by atoms with van der Waals surface area (Å²) in [6.07, 6.45) is -0.453. The Hall–Kier alpha value is -0.220. The first-order chi connectivity index (χ1) is 5.16. The summed E-state index contributed by atoms with van der Waals surface area (Å²) < 4.78 is 0. The minimum Gasteiger partial charge on any atom is -0.392 e. The summed E-state index contributed by atoms with van der Waals surface area (Å²) in [5, 5.41) is 11.4. The van der Waals surface area contributed by atoms with Crippen LogP contribution < -0.4 is 5.32 Å². The number of thioether (sulfide) groups is 1. The lowest BCUT2D eigenvalue weighted by Crippen LogP contribution is -2.31. The van der Waals surface area contributed by atoms with Crippen LogP contribution in [0.2, 0.25) is 0 Å². The van der Waals surface area contributed by atoms with Gasteiger partial charge in [-0.3, -0.25) is 4.79 Å². The van der Waals surface area contributed by atoms with Crippen LogP contribution in [0.4, 0.5) is 0 Å². The van der Waals surface area contributed by atoms with Crippen LogP contribution in [0, 0.1) is 0 Å². The Labute approximate surface area is 71.6 Å². The van der Waals surface area contributed by atoms with Crippen molar-refractivity contribution in [1.82, 2.24) is 5.32 Å². The molecule has 0 heterocycles. The van der Waals surface area contributed by atoms with Crippen LogP contribution in [0.3, 0.4) is 0 Å². The number of amides is 1. The zero-order chi connectivity index (χ0) is 8.69. The van der Waals surface area contributed by atoms with Crippen molar-refractivity contribution < 1.29 is 9.90 Å². The summed E-state index contributed by atoms with van der Waals surface area (Å²) in [5.74, 6) is 1.43. The van der Waals surface area contributed by atoms with Crippen molar-refractivity contribution in [2.45, 2.75) is 20.0 Å². The number of aliphatic hydroxyl groups is 1. The van der Waals surface area contributed by atoms with Crippen molar-refractivity contribution in [1.29, 1.82) is 0 Å². The van der Waals surface area contributed by atoms with Crippen LogP contribution in [0.15, 0.2) is 0 Å². The molecular formula is C7H15NO2S. The average molecular weight is 177 g/mol. The van der Waals surface area contributed by atoms with E-state index in [4.69, 9.17) is 5.11 Å². The van der Waals surface area contributed by atoms with Gasteiger partial charge >= 0.3 is 0 Å². The normalized spacial score (nSPS) is 12.6. The molecule has 0 aromatic rings. The molecule has 0 aromatic heterocycles. The molecule has 66 valence electrons. The Morgan fingerprint density at radius 3 is 2.82 bits per heavy atom. The molecule has 1 atom stereocenters. The fourth-order valence-corrected chi connectivity index (χ4v) is 0.999. The zero-order valence-corrected chi connectivity index (χ0v) is 7.78. The van der Waals surface area contributed by atoms with Crippen molar-refractivity contribution in [3.63, 3.8) is 0 Å². The van der Waals surface area contributed by atoms with Crippen molar-refractivity contribution in [2.24, 2.45) is 0 Å². The summed E-state index contributed by atoms with van der Waals surface area (Å²) >= 11 is 1.57. The Morgan fingerprint density at radius 2 is 2.36 bits per heavy atom. The van der Waals surface area contributed by atoms with Crippen molar-refractivity contribution >= 4 is 17.7 Å². The molecule has 2 N–H and O–H groups in total. The lowest BCUT2D eigenvalue weighted by Gasteiger charge is -2.05. The number of rotatable bonds is 5. The summed E-state index contributed by atoms with van der Waals surface area (Å²) in [6.45, 7) is 4.00. The Morgan fingerprint density at radius 1 is 1.73 bits per heavy atom. The van der Waals surface area contributed by atoms with Crippen LogP contribution in [-0.4, -0.2) is 35.2 Å². The lowest BCUT2D eigenvalue weighted by molar-refractivity contribution is -0.118. The molecule has 0 radical (unpaired) electrons. The highest BCUT2D eigenvalue weighted by molar-refractivity contribution is 7.99. The molecule has 0 saturated heterocycles. The van der Waals surface area contributed by atoms with E-state index in [1.165, 1.54) is 0 Å². The topological polar surface area (TPSA) is 49.3 Å². The first-order valence-electron chi connectivity index (χ1n) is 3.69. The molecule has 0 spiro atoms. The van der Waals surface area contributed by atoms with E-state index in [9.17, 15) is 4.79 Å². The van der Waals surface area contributed by atoms with Crippen LogP contribution >= 0.6 is 11.8 Å². The van der Waals surface area contributed by atoms with Crippen molar-refractivity contribution in [3.05, 3.63) is 0 Å². The molecule has 0 fully saturated rings. The molecule has 0 aromatic carbocycles. The van der Waals surface area contributed by atoms with Crippen molar-refractivity contribution in [2.75, 3.05) is 18.1 Å². The minimum atomic E-state index is -0.453. The van der Waals surface area contributed by atoms with Gasteiger partial charge < -0.3 is 10.4 Å². The molecular weight excluding hydrogens is 162 g/mol. The molecule has 1 unspecified atom stereocenters. The molecule has 0 rings (SSSR count). The zero-order valence-electron chi connectivity index (χ0n) is 6.96. The number of hydrogen-bond donors (Lipinski definition) is 2. The van der Waals surface area contributed by atoms with Gasteiger partial charge in [0.15, 0.2) is 0 Å². The Balaban J connectivity index is 3.23.